The van der Waals surface area contributed by atoms with Crippen molar-refractivity contribution in [2.24, 2.45) is 0 Å². The Morgan fingerprint density at radius 1 is 0.591 bits per heavy atom. The zero-order valence-corrected chi connectivity index (χ0v) is 25.5. The van der Waals surface area contributed by atoms with Crippen molar-refractivity contribution in [3.05, 3.63) is 139 Å². The summed E-state index contributed by atoms with van der Waals surface area (Å²) < 4.78 is 8.82. The number of fused-ring (bicyclic) bond motifs is 2. The molecule has 0 saturated carbocycles. The number of ether oxygens (including phenoxy) is 1. The molecule has 2 heterocycles. The summed E-state index contributed by atoms with van der Waals surface area (Å²) in [6, 6.07) is 41.9. The third-order valence-electron chi connectivity index (χ3n) is 8.22. The number of hydrogen-bond acceptors (Lipinski definition) is 3. The Labute approximate surface area is 258 Å². The van der Waals surface area contributed by atoms with E-state index in [2.05, 4.69) is 117 Å². The number of rotatable bonds is 7. The van der Waals surface area contributed by atoms with Gasteiger partial charge in [0.25, 0.3) is 0 Å². The van der Waals surface area contributed by atoms with E-state index in [4.69, 9.17) is 14.7 Å². The van der Waals surface area contributed by atoms with Crippen molar-refractivity contribution in [2.45, 2.75) is 39.5 Å². The van der Waals surface area contributed by atoms with Gasteiger partial charge >= 0.3 is 0 Å². The van der Waals surface area contributed by atoms with Gasteiger partial charge in [-0.15, -0.1) is 0 Å². The molecule has 0 spiro atoms. The summed E-state index contributed by atoms with van der Waals surface area (Å²) in [5.74, 6) is 3.13. The predicted octanol–water partition coefficient (Wildman–Crippen LogP) is 10.9. The van der Waals surface area contributed by atoms with E-state index < -0.39 is 0 Å². The molecule has 7 rings (SSSR count). The third-order valence-corrected chi connectivity index (χ3v) is 8.22. The lowest BCUT2D eigenvalue weighted by Crippen LogP contribution is -2.08. The number of para-hydroxylation sites is 3. The fourth-order valence-corrected chi connectivity index (χ4v) is 6.01. The van der Waals surface area contributed by atoms with Gasteiger partial charge in [0.15, 0.2) is 0 Å². The molecule has 0 bridgehead atoms. The van der Waals surface area contributed by atoms with Gasteiger partial charge in [-0.1, -0.05) is 107 Å². The molecule has 0 saturated heterocycles. The summed E-state index contributed by atoms with van der Waals surface area (Å²) in [7, 11) is 0. The maximum Gasteiger partial charge on any atom is 0.145 e. The van der Waals surface area contributed by atoms with E-state index in [1.165, 1.54) is 22.2 Å². The molecule has 0 aliphatic carbocycles. The van der Waals surface area contributed by atoms with Crippen LogP contribution in [0.1, 0.15) is 50.7 Å². The molecule has 0 atom stereocenters. The highest BCUT2D eigenvalue weighted by atomic mass is 16.5. The zero-order chi connectivity index (χ0) is 30.2. The van der Waals surface area contributed by atoms with Crippen molar-refractivity contribution in [1.82, 2.24) is 14.5 Å². The first-order valence-corrected chi connectivity index (χ1v) is 15.3. The Morgan fingerprint density at radius 3 is 1.93 bits per heavy atom. The smallest absolute Gasteiger partial charge is 0.145 e. The van der Waals surface area contributed by atoms with Crippen LogP contribution < -0.4 is 4.74 Å². The van der Waals surface area contributed by atoms with Crippen LogP contribution in [0.25, 0.3) is 50.1 Å². The molecular formula is C40H35N3O. The van der Waals surface area contributed by atoms with Crippen LogP contribution in [0.4, 0.5) is 0 Å². The van der Waals surface area contributed by atoms with Gasteiger partial charge in [0.2, 0.25) is 0 Å². The van der Waals surface area contributed by atoms with E-state index in [-0.39, 0.29) is 0 Å². The molecule has 7 aromatic rings. The van der Waals surface area contributed by atoms with Crippen LogP contribution in [0.5, 0.6) is 11.5 Å². The highest BCUT2D eigenvalue weighted by Crippen LogP contribution is 2.38. The Bertz CT molecular complexity index is 2100. The molecule has 216 valence electrons. The second kappa shape index (κ2) is 11.5. The van der Waals surface area contributed by atoms with E-state index in [1.807, 2.05) is 42.6 Å². The number of pyridine rings is 1. The van der Waals surface area contributed by atoms with Crippen LogP contribution in [-0.4, -0.2) is 14.5 Å². The molecule has 4 nitrogen and oxygen atoms in total. The number of aromatic nitrogens is 3. The number of nitrogens with zero attached hydrogens (tertiary/aromatic N) is 3. The highest BCUT2D eigenvalue weighted by Gasteiger charge is 2.22. The molecule has 5 aromatic carbocycles. The fraction of sp³-hybridized carbons (Fsp3) is 0.150. The molecule has 0 aliphatic heterocycles. The van der Waals surface area contributed by atoms with Crippen molar-refractivity contribution in [1.29, 1.82) is 0 Å². The molecule has 0 N–H and O–H groups in total. The normalized spacial score (nSPS) is 11.6. The maximum absolute atomic E-state index is 6.47. The first-order valence-electron chi connectivity index (χ1n) is 15.3. The minimum absolute atomic E-state index is 0.358. The molecule has 0 amide bonds. The topological polar surface area (TPSA) is 39.9 Å². The highest BCUT2D eigenvalue weighted by molar-refractivity contribution is 5.86. The zero-order valence-electron chi connectivity index (χ0n) is 25.5. The van der Waals surface area contributed by atoms with E-state index in [1.54, 1.807) is 0 Å². The van der Waals surface area contributed by atoms with Crippen LogP contribution in [-0.2, 0) is 0 Å². The van der Waals surface area contributed by atoms with Crippen LogP contribution in [0, 0.1) is 0 Å². The first-order chi connectivity index (χ1) is 21.5. The predicted molar refractivity (Wildman–Crippen MR) is 182 cm³/mol. The van der Waals surface area contributed by atoms with Crippen LogP contribution in [0.15, 0.2) is 128 Å². The van der Waals surface area contributed by atoms with Gasteiger partial charge in [0, 0.05) is 22.7 Å². The van der Waals surface area contributed by atoms with Gasteiger partial charge in [-0.2, -0.15) is 0 Å². The van der Waals surface area contributed by atoms with Gasteiger partial charge in [0.1, 0.15) is 17.3 Å². The minimum atomic E-state index is 0.358. The van der Waals surface area contributed by atoms with E-state index in [0.29, 0.717) is 11.8 Å². The van der Waals surface area contributed by atoms with Gasteiger partial charge in [-0.25, -0.2) is 4.98 Å². The molecule has 0 fully saturated rings. The SMILES string of the molecule is CC(C)c1cccc(C(C)C)c1-n1c(-c2cccc(Oc3cccc(-c4cc5ccccc5cn4)c3)c2)nc2ccccc21. The van der Waals surface area contributed by atoms with Crippen molar-refractivity contribution < 1.29 is 4.74 Å². The van der Waals surface area contributed by atoms with E-state index in [0.717, 1.165) is 50.6 Å². The van der Waals surface area contributed by atoms with Crippen LogP contribution >= 0.6 is 0 Å². The summed E-state index contributed by atoms with van der Waals surface area (Å²) >= 11 is 0. The third kappa shape index (κ3) is 5.13. The second-order valence-corrected chi connectivity index (χ2v) is 11.9. The average molecular weight is 574 g/mol. The monoisotopic (exact) mass is 573 g/mol. The first kappa shape index (κ1) is 27.6. The Kier molecular flexibility index (Phi) is 7.19. The number of benzene rings is 5. The van der Waals surface area contributed by atoms with Gasteiger partial charge in [-0.3, -0.25) is 9.55 Å². The van der Waals surface area contributed by atoms with Crippen LogP contribution in [0.3, 0.4) is 0 Å². The lowest BCUT2D eigenvalue weighted by Gasteiger charge is -2.22. The van der Waals surface area contributed by atoms with Crippen molar-refractivity contribution >= 4 is 21.8 Å². The molecule has 44 heavy (non-hydrogen) atoms. The number of hydrogen-bond donors (Lipinski definition) is 0. The summed E-state index contributed by atoms with van der Waals surface area (Å²) in [4.78, 5) is 9.90. The minimum Gasteiger partial charge on any atom is -0.457 e. The molecular weight excluding hydrogens is 538 g/mol. The van der Waals surface area contributed by atoms with Gasteiger partial charge < -0.3 is 4.74 Å². The average Bonchev–Trinajstić information content (AvgIpc) is 3.44. The summed E-state index contributed by atoms with van der Waals surface area (Å²) in [6.07, 6.45) is 1.93. The quantitative estimate of drug-likeness (QED) is 0.190. The van der Waals surface area contributed by atoms with Gasteiger partial charge in [0.05, 0.1) is 22.4 Å². The lowest BCUT2D eigenvalue weighted by atomic mass is 9.92. The summed E-state index contributed by atoms with van der Waals surface area (Å²) in [5, 5.41) is 2.29. The number of imidazole rings is 1. The molecule has 0 unspecified atom stereocenters. The molecule has 0 radical (unpaired) electrons. The van der Waals surface area contributed by atoms with E-state index >= 15 is 0 Å². The van der Waals surface area contributed by atoms with Crippen molar-refractivity contribution in [3.63, 3.8) is 0 Å². The Morgan fingerprint density at radius 2 is 1.20 bits per heavy atom. The van der Waals surface area contributed by atoms with E-state index in [9.17, 15) is 0 Å². The van der Waals surface area contributed by atoms with Gasteiger partial charge in [-0.05, 0) is 70.8 Å². The van der Waals surface area contributed by atoms with Crippen molar-refractivity contribution in [2.75, 3.05) is 0 Å². The second-order valence-electron chi connectivity index (χ2n) is 11.9. The largest absolute Gasteiger partial charge is 0.457 e. The Hall–Kier alpha value is -5.22. The standard InChI is InChI=1S/C40H35N3O/c1-26(2)34-18-11-19-35(27(3)4)39(34)43-38-21-8-7-20-36(38)42-40(43)30-15-10-17-33(23-30)44-32-16-9-14-29(22-32)37-24-28-12-5-6-13-31(28)25-41-37/h5-27H,1-4H3. The van der Waals surface area contributed by atoms with Crippen LogP contribution in [0.2, 0.25) is 0 Å². The molecule has 2 aromatic heterocycles. The summed E-state index contributed by atoms with van der Waals surface area (Å²) in [5.41, 5.74) is 8.85. The molecule has 4 heteroatoms. The fourth-order valence-electron chi connectivity index (χ4n) is 6.01. The summed E-state index contributed by atoms with van der Waals surface area (Å²) in [6.45, 7) is 9.05. The maximum atomic E-state index is 6.47. The lowest BCUT2D eigenvalue weighted by molar-refractivity contribution is 0.483. The molecule has 0 aliphatic rings. The Balaban J connectivity index is 1.30. The van der Waals surface area contributed by atoms with Crippen molar-refractivity contribution in [3.8, 4) is 39.8 Å².